The van der Waals surface area contributed by atoms with Crippen molar-refractivity contribution < 1.29 is 4.52 Å². The van der Waals surface area contributed by atoms with E-state index in [1.54, 1.807) is 0 Å². The van der Waals surface area contributed by atoms with Crippen LogP contribution < -0.4 is 5.73 Å². The van der Waals surface area contributed by atoms with Crippen LogP contribution in [0.3, 0.4) is 0 Å². The van der Waals surface area contributed by atoms with Gasteiger partial charge in [0.2, 0.25) is 5.89 Å². The highest BCUT2D eigenvalue weighted by atomic mass is 79.9. The second-order valence-corrected chi connectivity index (χ2v) is 5.74. The molecule has 1 saturated carbocycles. The van der Waals surface area contributed by atoms with Crippen LogP contribution in [0.4, 0.5) is 0 Å². The molecule has 0 radical (unpaired) electrons. The fourth-order valence-corrected chi connectivity index (χ4v) is 2.35. The molecule has 3 rings (SSSR count). The molecule has 1 aromatic carbocycles. The topological polar surface area (TPSA) is 64.9 Å². The van der Waals surface area contributed by atoms with E-state index in [9.17, 15) is 0 Å². The van der Waals surface area contributed by atoms with Crippen LogP contribution >= 0.6 is 15.9 Å². The van der Waals surface area contributed by atoms with Crippen LogP contribution in [-0.4, -0.2) is 10.1 Å². The number of hydrogen-bond acceptors (Lipinski definition) is 4. The summed E-state index contributed by atoms with van der Waals surface area (Å²) in [5, 5.41) is 4.00. The quantitative estimate of drug-likeness (QED) is 0.947. The summed E-state index contributed by atoms with van der Waals surface area (Å²) >= 11 is 3.41. The number of rotatable bonds is 3. The molecule has 18 heavy (non-hydrogen) atoms. The van der Waals surface area contributed by atoms with E-state index in [4.69, 9.17) is 10.3 Å². The molecular weight excluding hydrogens is 294 g/mol. The lowest BCUT2D eigenvalue weighted by atomic mass is 9.78. The highest BCUT2D eigenvalue weighted by Crippen LogP contribution is 2.37. The number of benzene rings is 1. The Labute approximate surface area is 114 Å². The standard InChI is InChI=1S/C13H14BrN3O/c14-10-4-2-9(3-5-10)8-11-16-12(18-17-11)13(15)6-1-7-13/h2-5H,1,6-8,15H2. The van der Waals surface area contributed by atoms with E-state index in [1.807, 2.05) is 24.3 Å². The van der Waals surface area contributed by atoms with Crippen molar-refractivity contribution in [3.63, 3.8) is 0 Å². The summed E-state index contributed by atoms with van der Waals surface area (Å²) in [4.78, 5) is 4.41. The van der Waals surface area contributed by atoms with E-state index in [0.717, 1.165) is 29.3 Å². The average Bonchev–Trinajstić information content (AvgIpc) is 2.78. The van der Waals surface area contributed by atoms with Crippen LogP contribution in [0.15, 0.2) is 33.3 Å². The van der Waals surface area contributed by atoms with Crippen molar-refractivity contribution in [1.29, 1.82) is 0 Å². The molecule has 0 atom stereocenters. The van der Waals surface area contributed by atoms with E-state index >= 15 is 0 Å². The predicted molar refractivity (Wildman–Crippen MR) is 71.0 cm³/mol. The molecule has 0 amide bonds. The number of aromatic nitrogens is 2. The lowest BCUT2D eigenvalue weighted by Crippen LogP contribution is -2.43. The summed E-state index contributed by atoms with van der Waals surface area (Å²) in [7, 11) is 0. The highest BCUT2D eigenvalue weighted by molar-refractivity contribution is 9.10. The minimum Gasteiger partial charge on any atom is -0.337 e. The molecule has 94 valence electrons. The summed E-state index contributed by atoms with van der Waals surface area (Å²) in [6, 6.07) is 8.10. The Hall–Kier alpha value is -1.20. The summed E-state index contributed by atoms with van der Waals surface area (Å²) in [5.74, 6) is 1.28. The normalized spacial score (nSPS) is 17.4. The number of halogens is 1. The van der Waals surface area contributed by atoms with E-state index < -0.39 is 0 Å². The lowest BCUT2D eigenvalue weighted by molar-refractivity contribution is 0.181. The molecule has 1 fully saturated rings. The minimum absolute atomic E-state index is 0.370. The first-order chi connectivity index (χ1) is 8.66. The van der Waals surface area contributed by atoms with Crippen LogP contribution in [-0.2, 0) is 12.0 Å². The summed E-state index contributed by atoms with van der Waals surface area (Å²) in [6.45, 7) is 0. The van der Waals surface area contributed by atoms with Crippen LogP contribution in [0.5, 0.6) is 0 Å². The molecule has 1 aliphatic rings. The van der Waals surface area contributed by atoms with Gasteiger partial charge in [0.05, 0.1) is 5.54 Å². The van der Waals surface area contributed by atoms with Gasteiger partial charge in [0.15, 0.2) is 5.82 Å². The van der Waals surface area contributed by atoms with Crippen molar-refractivity contribution in [2.75, 3.05) is 0 Å². The van der Waals surface area contributed by atoms with Crippen LogP contribution in [0.25, 0.3) is 0 Å². The monoisotopic (exact) mass is 307 g/mol. The Kier molecular flexibility index (Phi) is 2.95. The second kappa shape index (κ2) is 4.48. The maximum Gasteiger partial charge on any atom is 0.246 e. The summed E-state index contributed by atoms with van der Waals surface area (Å²) < 4.78 is 6.34. The third kappa shape index (κ3) is 2.20. The first kappa shape index (κ1) is 11.9. The molecule has 1 aromatic heterocycles. The van der Waals surface area contributed by atoms with Gasteiger partial charge in [0, 0.05) is 10.9 Å². The fourth-order valence-electron chi connectivity index (χ4n) is 2.08. The van der Waals surface area contributed by atoms with Crippen molar-refractivity contribution in [3.05, 3.63) is 46.0 Å². The van der Waals surface area contributed by atoms with E-state index in [0.29, 0.717) is 18.1 Å². The first-order valence-electron chi connectivity index (χ1n) is 6.02. The van der Waals surface area contributed by atoms with Gasteiger partial charge < -0.3 is 10.3 Å². The molecule has 0 unspecified atom stereocenters. The van der Waals surface area contributed by atoms with Gasteiger partial charge in [-0.15, -0.1) is 0 Å². The minimum atomic E-state index is -0.370. The number of nitrogens with two attached hydrogens (primary N) is 1. The maximum absolute atomic E-state index is 6.15. The molecule has 5 heteroatoms. The largest absolute Gasteiger partial charge is 0.337 e. The average molecular weight is 308 g/mol. The molecule has 2 N–H and O–H groups in total. The van der Waals surface area contributed by atoms with Crippen LogP contribution in [0.2, 0.25) is 0 Å². The summed E-state index contributed by atoms with van der Waals surface area (Å²) in [6.07, 6.45) is 3.69. The molecule has 1 heterocycles. The van der Waals surface area contributed by atoms with E-state index in [-0.39, 0.29) is 5.54 Å². The van der Waals surface area contributed by atoms with Crippen molar-refractivity contribution >= 4 is 15.9 Å². The van der Waals surface area contributed by atoms with E-state index in [1.165, 1.54) is 0 Å². The molecule has 4 nitrogen and oxygen atoms in total. The van der Waals surface area contributed by atoms with Crippen LogP contribution in [0.1, 0.15) is 36.5 Å². The van der Waals surface area contributed by atoms with Crippen molar-refractivity contribution in [2.24, 2.45) is 5.73 Å². The Morgan fingerprint density at radius 3 is 2.61 bits per heavy atom. The van der Waals surface area contributed by atoms with Gasteiger partial charge in [-0.3, -0.25) is 0 Å². The zero-order chi connectivity index (χ0) is 12.6. The van der Waals surface area contributed by atoms with Crippen LogP contribution in [0, 0.1) is 0 Å². The molecule has 0 spiro atoms. The third-order valence-electron chi connectivity index (χ3n) is 3.42. The zero-order valence-electron chi connectivity index (χ0n) is 9.90. The van der Waals surface area contributed by atoms with Gasteiger partial charge in [0.25, 0.3) is 0 Å². The molecule has 0 bridgehead atoms. The molecule has 1 aliphatic carbocycles. The van der Waals surface area contributed by atoms with Crippen molar-refractivity contribution in [1.82, 2.24) is 10.1 Å². The lowest BCUT2D eigenvalue weighted by Gasteiger charge is -2.33. The van der Waals surface area contributed by atoms with Gasteiger partial charge >= 0.3 is 0 Å². The highest BCUT2D eigenvalue weighted by Gasteiger charge is 2.39. The zero-order valence-corrected chi connectivity index (χ0v) is 11.5. The maximum atomic E-state index is 6.15. The second-order valence-electron chi connectivity index (χ2n) is 4.83. The van der Waals surface area contributed by atoms with Gasteiger partial charge in [0.1, 0.15) is 0 Å². The smallest absolute Gasteiger partial charge is 0.246 e. The van der Waals surface area contributed by atoms with Gasteiger partial charge in [-0.1, -0.05) is 33.2 Å². The Morgan fingerprint density at radius 1 is 1.28 bits per heavy atom. The van der Waals surface area contributed by atoms with Gasteiger partial charge in [-0.05, 0) is 37.0 Å². The number of nitrogens with zero attached hydrogens (tertiary/aromatic N) is 2. The SMILES string of the molecule is NC1(c2nc(Cc3ccc(Br)cc3)no2)CCC1. The number of hydrogen-bond donors (Lipinski definition) is 1. The summed E-state index contributed by atoms with van der Waals surface area (Å²) in [5.41, 5.74) is 6.94. The molecule has 0 saturated heterocycles. The molecular formula is C13H14BrN3O. The fraction of sp³-hybridized carbons (Fsp3) is 0.385. The van der Waals surface area contributed by atoms with Crippen molar-refractivity contribution in [2.45, 2.75) is 31.2 Å². The molecule has 0 aliphatic heterocycles. The Balaban J connectivity index is 1.75. The third-order valence-corrected chi connectivity index (χ3v) is 3.94. The van der Waals surface area contributed by atoms with E-state index in [2.05, 4.69) is 26.1 Å². The Bertz CT molecular complexity index is 546. The Morgan fingerprint density at radius 2 is 2.00 bits per heavy atom. The predicted octanol–water partition coefficient (Wildman–Crippen LogP) is 2.76. The van der Waals surface area contributed by atoms with Crippen molar-refractivity contribution in [3.8, 4) is 0 Å². The molecule has 2 aromatic rings. The first-order valence-corrected chi connectivity index (χ1v) is 6.81. The van der Waals surface area contributed by atoms with Gasteiger partial charge in [-0.25, -0.2) is 0 Å². The van der Waals surface area contributed by atoms with Gasteiger partial charge in [-0.2, -0.15) is 4.98 Å².